The first kappa shape index (κ1) is 9.36. The van der Waals surface area contributed by atoms with Gasteiger partial charge in [-0.1, -0.05) is 17.7 Å². The summed E-state index contributed by atoms with van der Waals surface area (Å²) < 4.78 is 5.12. The summed E-state index contributed by atoms with van der Waals surface area (Å²) in [4.78, 5) is 0. The van der Waals surface area contributed by atoms with Gasteiger partial charge in [0.2, 0.25) is 0 Å². The maximum absolute atomic E-state index is 5.94. The molecule has 0 aliphatic rings. The standard InChI is InChI=1S/C9H12ClNO/c1-6(11)9-7(10)4-3-5-8(9)12-2/h3-6H,11H2,1-2H3/t6-/m0/s1. The predicted octanol–water partition coefficient (Wildman–Crippen LogP) is 2.37. The molecule has 12 heavy (non-hydrogen) atoms. The highest BCUT2D eigenvalue weighted by atomic mass is 35.5. The molecule has 0 saturated heterocycles. The van der Waals surface area contributed by atoms with Crippen LogP contribution in [0.3, 0.4) is 0 Å². The Morgan fingerprint density at radius 2 is 2.17 bits per heavy atom. The van der Waals surface area contributed by atoms with Gasteiger partial charge in [-0.3, -0.25) is 0 Å². The number of rotatable bonds is 2. The van der Waals surface area contributed by atoms with E-state index in [1.807, 2.05) is 25.1 Å². The number of hydrogen-bond donors (Lipinski definition) is 1. The molecule has 0 heterocycles. The summed E-state index contributed by atoms with van der Waals surface area (Å²) in [5, 5.41) is 0.657. The normalized spacial score (nSPS) is 12.7. The molecule has 1 aromatic carbocycles. The fraction of sp³-hybridized carbons (Fsp3) is 0.333. The first-order chi connectivity index (χ1) is 5.66. The third-order valence-electron chi connectivity index (χ3n) is 1.69. The molecule has 0 amide bonds. The maximum atomic E-state index is 5.94. The van der Waals surface area contributed by atoms with Gasteiger partial charge >= 0.3 is 0 Å². The van der Waals surface area contributed by atoms with E-state index in [-0.39, 0.29) is 6.04 Å². The lowest BCUT2D eigenvalue weighted by molar-refractivity contribution is 0.407. The summed E-state index contributed by atoms with van der Waals surface area (Å²) in [7, 11) is 1.61. The van der Waals surface area contributed by atoms with Crippen LogP contribution in [0.5, 0.6) is 5.75 Å². The first-order valence-corrected chi connectivity index (χ1v) is 4.12. The van der Waals surface area contributed by atoms with Gasteiger partial charge in [0.05, 0.1) is 7.11 Å². The zero-order valence-corrected chi connectivity index (χ0v) is 7.93. The van der Waals surface area contributed by atoms with Crippen LogP contribution in [0.15, 0.2) is 18.2 Å². The van der Waals surface area contributed by atoms with Gasteiger partial charge in [-0.15, -0.1) is 0 Å². The SMILES string of the molecule is COc1cccc(Cl)c1[C@H](C)N. The fourth-order valence-electron chi connectivity index (χ4n) is 1.14. The van der Waals surface area contributed by atoms with Gasteiger partial charge in [0.1, 0.15) is 5.75 Å². The minimum absolute atomic E-state index is 0.103. The number of methoxy groups -OCH3 is 1. The summed E-state index contributed by atoms with van der Waals surface area (Å²) >= 11 is 5.94. The maximum Gasteiger partial charge on any atom is 0.125 e. The van der Waals surface area contributed by atoms with E-state index in [1.165, 1.54) is 0 Å². The van der Waals surface area contributed by atoms with Crippen molar-refractivity contribution in [1.82, 2.24) is 0 Å². The molecule has 66 valence electrons. The van der Waals surface area contributed by atoms with Crippen molar-refractivity contribution in [1.29, 1.82) is 0 Å². The van der Waals surface area contributed by atoms with Gasteiger partial charge in [0.25, 0.3) is 0 Å². The highest BCUT2D eigenvalue weighted by molar-refractivity contribution is 6.31. The van der Waals surface area contributed by atoms with Crippen molar-refractivity contribution < 1.29 is 4.74 Å². The topological polar surface area (TPSA) is 35.2 Å². The van der Waals surface area contributed by atoms with Crippen LogP contribution in [0.1, 0.15) is 18.5 Å². The summed E-state index contributed by atoms with van der Waals surface area (Å²) in [6.07, 6.45) is 0. The van der Waals surface area contributed by atoms with Crippen LogP contribution in [0.2, 0.25) is 5.02 Å². The van der Waals surface area contributed by atoms with Crippen molar-refractivity contribution in [3.63, 3.8) is 0 Å². The van der Waals surface area contributed by atoms with E-state index in [0.29, 0.717) is 5.02 Å². The van der Waals surface area contributed by atoms with Gasteiger partial charge in [0.15, 0.2) is 0 Å². The van der Waals surface area contributed by atoms with E-state index in [0.717, 1.165) is 11.3 Å². The quantitative estimate of drug-likeness (QED) is 0.768. The van der Waals surface area contributed by atoms with Crippen LogP contribution in [-0.2, 0) is 0 Å². The molecule has 0 radical (unpaired) electrons. The second-order valence-corrected chi connectivity index (χ2v) is 3.05. The number of benzene rings is 1. The molecular formula is C9H12ClNO. The lowest BCUT2D eigenvalue weighted by atomic mass is 10.1. The highest BCUT2D eigenvalue weighted by Gasteiger charge is 2.10. The van der Waals surface area contributed by atoms with Crippen molar-refractivity contribution in [3.05, 3.63) is 28.8 Å². The molecule has 1 aromatic rings. The van der Waals surface area contributed by atoms with Crippen LogP contribution >= 0.6 is 11.6 Å². The minimum atomic E-state index is -0.103. The molecule has 2 N–H and O–H groups in total. The number of ether oxygens (including phenoxy) is 1. The molecule has 1 rings (SSSR count). The van der Waals surface area contributed by atoms with E-state index in [9.17, 15) is 0 Å². The van der Waals surface area contributed by atoms with Gasteiger partial charge in [-0.05, 0) is 19.1 Å². The average Bonchev–Trinajstić information content (AvgIpc) is 2.03. The molecule has 0 aliphatic carbocycles. The molecule has 0 bridgehead atoms. The lowest BCUT2D eigenvalue weighted by Crippen LogP contribution is -2.07. The number of halogens is 1. The number of hydrogen-bond acceptors (Lipinski definition) is 2. The van der Waals surface area contributed by atoms with E-state index in [1.54, 1.807) is 7.11 Å². The monoisotopic (exact) mass is 185 g/mol. The molecule has 1 atom stereocenters. The molecule has 2 nitrogen and oxygen atoms in total. The van der Waals surface area contributed by atoms with Crippen molar-refractivity contribution in [2.24, 2.45) is 5.73 Å². The molecule has 0 aromatic heterocycles. The molecule has 0 spiro atoms. The van der Waals surface area contributed by atoms with Crippen LogP contribution in [0.25, 0.3) is 0 Å². The van der Waals surface area contributed by atoms with Crippen LogP contribution in [0, 0.1) is 0 Å². The third-order valence-corrected chi connectivity index (χ3v) is 2.02. The average molecular weight is 186 g/mol. The molecular weight excluding hydrogens is 174 g/mol. The summed E-state index contributed by atoms with van der Waals surface area (Å²) in [5.74, 6) is 0.748. The highest BCUT2D eigenvalue weighted by Crippen LogP contribution is 2.30. The number of nitrogens with two attached hydrogens (primary N) is 1. The summed E-state index contributed by atoms with van der Waals surface area (Å²) in [6.45, 7) is 1.88. The van der Waals surface area contributed by atoms with Crippen LogP contribution in [0.4, 0.5) is 0 Å². The van der Waals surface area contributed by atoms with Gasteiger partial charge in [-0.25, -0.2) is 0 Å². The zero-order chi connectivity index (χ0) is 9.14. The van der Waals surface area contributed by atoms with Crippen LogP contribution in [-0.4, -0.2) is 7.11 Å². The largest absolute Gasteiger partial charge is 0.496 e. The van der Waals surface area contributed by atoms with Crippen molar-refractivity contribution >= 4 is 11.6 Å². The Balaban J connectivity index is 3.20. The van der Waals surface area contributed by atoms with E-state index in [2.05, 4.69) is 0 Å². The van der Waals surface area contributed by atoms with E-state index < -0.39 is 0 Å². The summed E-state index contributed by atoms with van der Waals surface area (Å²) in [6, 6.07) is 5.40. The van der Waals surface area contributed by atoms with Crippen molar-refractivity contribution in [2.45, 2.75) is 13.0 Å². The molecule has 0 fully saturated rings. The van der Waals surface area contributed by atoms with Crippen LogP contribution < -0.4 is 10.5 Å². The van der Waals surface area contributed by atoms with Crippen molar-refractivity contribution in [3.8, 4) is 5.75 Å². The Kier molecular flexibility index (Phi) is 2.95. The Hall–Kier alpha value is -0.730. The minimum Gasteiger partial charge on any atom is -0.496 e. The third kappa shape index (κ3) is 1.71. The Bertz CT molecular complexity index is 273. The lowest BCUT2D eigenvalue weighted by Gasteiger charge is -2.12. The molecule has 3 heteroatoms. The molecule has 0 saturated carbocycles. The molecule has 0 aliphatic heterocycles. The Morgan fingerprint density at radius 3 is 2.58 bits per heavy atom. The predicted molar refractivity (Wildman–Crippen MR) is 50.6 cm³/mol. The second kappa shape index (κ2) is 3.78. The van der Waals surface area contributed by atoms with E-state index >= 15 is 0 Å². The molecule has 0 unspecified atom stereocenters. The van der Waals surface area contributed by atoms with E-state index in [4.69, 9.17) is 22.1 Å². The van der Waals surface area contributed by atoms with Gasteiger partial charge in [0, 0.05) is 16.6 Å². The summed E-state index contributed by atoms with van der Waals surface area (Å²) in [5.41, 5.74) is 6.59. The zero-order valence-electron chi connectivity index (χ0n) is 7.17. The van der Waals surface area contributed by atoms with Gasteiger partial charge < -0.3 is 10.5 Å². The Morgan fingerprint density at radius 1 is 1.50 bits per heavy atom. The van der Waals surface area contributed by atoms with Gasteiger partial charge in [-0.2, -0.15) is 0 Å². The fourth-order valence-corrected chi connectivity index (χ4v) is 1.48. The first-order valence-electron chi connectivity index (χ1n) is 3.74. The van der Waals surface area contributed by atoms with Crippen molar-refractivity contribution in [2.75, 3.05) is 7.11 Å². The smallest absolute Gasteiger partial charge is 0.125 e. The Labute approximate surface area is 77.3 Å². The second-order valence-electron chi connectivity index (χ2n) is 2.64.